The van der Waals surface area contributed by atoms with E-state index in [0.717, 1.165) is 16.5 Å². The Labute approximate surface area is 136 Å². The quantitative estimate of drug-likeness (QED) is 0.449. The van der Waals surface area contributed by atoms with Crippen molar-refractivity contribution in [2.24, 2.45) is 5.10 Å². The second-order valence-electron chi connectivity index (χ2n) is 4.91. The molecule has 0 fully saturated rings. The van der Waals surface area contributed by atoms with Gasteiger partial charge in [-0.3, -0.25) is 4.98 Å². The summed E-state index contributed by atoms with van der Waals surface area (Å²) in [5.41, 5.74) is 2.75. The van der Waals surface area contributed by atoms with Crippen molar-refractivity contribution in [1.82, 2.24) is 24.8 Å². The zero-order valence-corrected chi connectivity index (χ0v) is 12.8. The van der Waals surface area contributed by atoms with Gasteiger partial charge >= 0.3 is 0 Å². The van der Waals surface area contributed by atoms with Gasteiger partial charge in [0.2, 0.25) is 10.6 Å². The number of aromatic amines is 2. The predicted molar refractivity (Wildman–Crippen MR) is 91.9 cm³/mol. The van der Waals surface area contributed by atoms with Crippen LogP contribution in [0.15, 0.2) is 60.0 Å². The highest BCUT2D eigenvalue weighted by Gasteiger charge is 2.09. The van der Waals surface area contributed by atoms with E-state index in [1.807, 2.05) is 48.7 Å². The highest BCUT2D eigenvalue weighted by molar-refractivity contribution is 7.71. The van der Waals surface area contributed by atoms with Crippen LogP contribution < -0.4 is 0 Å². The SMILES string of the molecule is S=c1[nH]nc(-c2ccccn2)n1N=Cc1c[nH]c2ccccc12. The average molecular weight is 320 g/mol. The lowest BCUT2D eigenvalue weighted by molar-refractivity contribution is 0.867. The molecule has 3 aromatic heterocycles. The molecule has 1 aromatic carbocycles. The van der Waals surface area contributed by atoms with Gasteiger partial charge in [0.1, 0.15) is 5.69 Å². The van der Waals surface area contributed by atoms with Gasteiger partial charge in [-0.15, -0.1) is 0 Å². The number of rotatable bonds is 3. The van der Waals surface area contributed by atoms with Crippen molar-refractivity contribution in [1.29, 1.82) is 0 Å². The minimum absolute atomic E-state index is 0.418. The van der Waals surface area contributed by atoms with Gasteiger partial charge in [-0.05, 0) is 30.4 Å². The molecule has 0 saturated carbocycles. The summed E-state index contributed by atoms with van der Waals surface area (Å²) in [4.78, 5) is 7.51. The van der Waals surface area contributed by atoms with Crippen LogP contribution in [-0.2, 0) is 0 Å². The van der Waals surface area contributed by atoms with Gasteiger partial charge in [-0.2, -0.15) is 14.9 Å². The molecule has 3 heterocycles. The molecule has 0 saturated heterocycles. The fraction of sp³-hybridized carbons (Fsp3) is 0. The van der Waals surface area contributed by atoms with Gasteiger partial charge in [-0.1, -0.05) is 24.3 Å². The Morgan fingerprint density at radius 3 is 2.87 bits per heavy atom. The molecule has 23 heavy (non-hydrogen) atoms. The van der Waals surface area contributed by atoms with Crippen LogP contribution in [0.1, 0.15) is 5.56 Å². The van der Waals surface area contributed by atoms with E-state index in [1.54, 1.807) is 17.1 Å². The number of benzene rings is 1. The number of para-hydroxylation sites is 1. The third-order valence-electron chi connectivity index (χ3n) is 3.48. The smallest absolute Gasteiger partial charge is 0.216 e. The van der Waals surface area contributed by atoms with E-state index in [4.69, 9.17) is 12.2 Å². The fourth-order valence-electron chi connectivity index (χ4n) is 2.38. The molecule has 2 N–H and O–H groups in total. The number of hydrogen-bond donors (Lipinski definition) is 2. The van der Waals surface area contributed by atoms with Gasteiger partial charge in [0.05, 0.1) is 6.21 Å². The highest BCUT2D eigenvalue weighted by Crippen LogP contribution is 2.17. The zero-order valence-electron chi connectivity index (χ0n) is 12.0. The third kappa shape index (κ3) is 2.47. The Hall–Kier alpha value is -3.06. The van der Waals surface area contributed by atoms with Gasteiger partial charge < -0.3 is 4.98 Å². The lowest BCUT2D eigenvalue weighted by Gasteiger charge is -1.99. The Morgan fingerprint density at radius 1 is 1.13 bits per heavy atom. The van der Waals surface area contributed by atoms with Crippen molar-refractivity contribution in [3.05, 3.63) is 65.2 Å². The maximum Gasteiger partial charge on any atom is 0.216 e. The summed E-state index contributed by atoms with van der Waals surface area (Å²) in [5.74, 6) is 0.576. The number of nitrogens with one attached hydrogen (secondary N) is 2. The molecule has 0 aliphatic rings. The molecule has 0 aliphatic carbocycles. The van der Waals surface area contributed by atoms with E-state index in [-0.39, 0.29) is 0 Å². The Morgan fingerprint density at radius 2 is 2.00 bits per heavy atom. The average Bonchev–Trinajstić information content (AvgIpc) is 3.17. The first-order chi connectivity index (χ1) is 11.3. The van der Waals surface area contributed by atoms with Gasteiger partial charge in [0.15, 0.2) is 0 Å². The van der Waals surface area contributed by atoms with E-state index in [1.165, 1.54) is 0 Å². The molecule has 7 heteroatoms. The maximum absolute atomic E-state index is 5.26. The number of fused-ring (bicyclic) bond motifs is 1. The number of H-pyrrole nitrogens is 2. The maximum atomic E-state index is 5.26. The minimum Gasteiger partial charge on any atom is -0.361 e. The second-order valence-corrected chi connectivity index (χ2v) is 5.30. The molecular weight excluding hydrogens is 308 g/mol. The van der Waals surface area contributed by atoms with Crippen LogP contribution in [0.25, 0.3) is 22.4 Å². The Kier molecular flexibility index (Phi) is 3.32. The van der Waals surface area contributed by atoms with Crippen molar-refractivity contribution in [3.8, 4) is 11.5 Å². The number of pyridine rings is 1. The van der Waals surface area contributed by atoms with Crippen LogP contribution in [0.5, 0.6) is 0 Å². The van der Waals surface area contributed by atoms with Crippen LogP contribution in [0.2, 0.25) is 0 Å². The largest absolute Gasteiger partial charge is 0.361 e. The minimum atomic E-state index is 0.418. The van der Waals surface area contributed by atoms with Crippen LogP contribution in [0.4, 0.5) is 0 Å². The lowest BCUT2D eigenvalue weighted by Crippen LogP contribution is -1.96. The van der Waals surface area contributed by atoms with Crippen molar-refractivity contribution >= 4 is 29.3 Å². The molecule has 0 atom stereocenters. The normalized spacial score (nSPS) is 11.5. The fourth-order valence-corrected chi connectivity index (χ4v) is 2.56. The first-order valence-electron chi connectivity index (χ1n) is 7.02. The van der Waals surface area contributed by atoms with Crippen molar-refractivity contribution in [2.45, 2.75) is 0 Å². The molecule has 6 nitrogen and oxygen atoms in total. The monoisotopic (exact) mass is 320 g/mol. The lowest BCUT2D eigenvalue weighted by atomic mass is 10.2. The van der Waals surface area contributed by atoms with E-state index >= 15 is 0 Å². The molecule has 0 spiro atoms. The summed E-state index contributed by atoms with van der Waals surface area (Å²) in [6.45, 7) is 0. The van der Waals surface area contributed by atoms with Crippen molar-refractivity contribution < 1.29 is 0 Å². The van der Waals surface area contributed by atoms with E-state index in [9.17, 15) is 0 Å². The second kappa shape index (κ2) is 5.62. The van der Waals surface area contributed by atoms with Gasteiger partial charge in [0.25, 0.3) is 0 Å². The Bertz CT molecular complexity index is 1040. The molecular formula is C16H12N6S. The molecule has 0 radical (unpaired) electrons. The van der Waals surface area contributed by atoms with Crippen molar-refractivity contribution in [3.63, 3.8) is 0 Å². The third-order valence-corrected chi connectivity index (χ3v) is 3.74. The van der Waals surface area contributed by atoms with Crippen LogP contribution in [0.3, 0.4) is 0 Å². The van der Waals surface area contributed by atoms with Gasteiger partial charge in [0, 0.05) is 28.9 Å². The number of hydrogen-bond acceptors (Lipinski definition) is 4. The van der Waals surface area contributed by atoms with Crippen LogP contribution in [-0.4, -0.2) is 31.1 Å². The molecule has 0 aliphatic heterocycles. The molecule has 0 amide bonds. The van der Waals surface area contributed by atoms with Crippen molar-refractivity contribution in [2.75, 3.05) is 0 Å². The summed E-state index contributed by atoms with van der Waals surface area (Å²) >= 11 is 5.26. The molecule has 4 rings (SSSR count). The number of aromatic nitrogens is 5. The highest BCUT2D eigenvalue weighted by atomic mass is 32.1. The summed E-state index contributed by atoms with van der Waals surface area (Å²) in [5, 5.41) is 12.5. The summed E-state index contributed by atoms with van der Waals surface area (Å²) in [6.07, 6.45) is 5.38. The summed E-state index contributed by atoms with van der Waals surface area (Å²) in [7, 11) is 0. The summed E-state index contributed by atoms with van der Waals surface area (Å²) in [6, 6.07) is 13.7. The molecule has 0 unspecified atom stereocenters. The Balaban J connectivity index is 1.78. The van der Waals surface area contributed by atoms with Crippen LogP contribution >= 0.6 is 12.2 Å². The predicted octanol–water partition coefficient (Wildman–Crippen LogP) is 3.37. The molecule has 4 aromatic rings. The first-order valence-corrected chi connectivity index (χ1v) is 7.43. The molecule has 0 bridgehead atoms. The van der Waals surface area contributed by atoms with Gasteiger partial charge in [-0.25, -0.2) is 5.10 Å². The topological polar surface area (TPSA) is 74.7 Å². The van der Waals surface area contributed by atoms with E-state index in [0.29, 0.717) is 16.3 Å². The van der Waals surface area contributed by atoms with E-state index < -0.39 is 0 Å². The standard InChI is InChI=1S/C16H12N6S/c23-16-21-20-15(14-7-3-4-8-17-14)22(16)19-10-11-9-18-13-6-2-1-5-12(11)13/h1-10,18H,(H,21,23). The first kappa shape index (κ1) is 13.6. The zero-order chi connectivity index (χ0) is 15.6. The van der Waals surface area contributed by atoms with E-state index in [2.05, 4.69) is 25.3 Å². The molecule has 112 valence electrons. The summed E-state index contributed by atoms with van der Waals surface area (Å²) < 4.78 is 1.99. The number of nitrogens with zero attached hydrogens (tertiary/aromatic N) is 4. The van der Waals surface area contributed by atoms with Crippen LogP contribution in [0, 0.1) is 4.77 Å².